The van der Waals surface area contributed by atoms with Gasteiger partial charge < -0.3 is 0 Å². The maximum atomic E-state index is 11.5. The average Bonchev–Trinajstić information content (AvgIpc) is 1.99. The lowest BCUT2D eigenvalue weighted by Crippen LogP contribution is -2.20. The van der Waals surface area contributed by atoms with E-state index in [2.05, 4.69) is 9.71 Å². The van der Waals surface area contributed by atoms with Crippen LogP contribution in [-0.2, 0) is 10.0 Å². The maximum absolute atomic E-state index is 11.5. The highest BCUT2D eigenvalue weighted by Gasteiger charge is 2.12. The summed E-state index contributed by atoms with van der Waals surface area (Å²) in [6.07, 6.45) is 1.45. The van der Waals surface area contributed by atoms with Crippen LogP contribution in [0.1, 0.15) is 13.8 Å². The highest BCUT2D eigenvalue weighted by molar-refractivity contribution is 7.92. The molecule has 1 N–H and O–H groups in total. The molecule has 84 valence electrons. The second-order valence-corrected chi connectivity index (χ2v) is 5.80. The van der Waals surface area contributed by atoms with E-state index in [1.54, 1.807) is 6.07 Å². The second kappa shape index (κ2) is 4.81. The third-order valence-electron chi connectivity index (χ3n) is 1.55. The van der Waals surface area contributed by atoms with Gasteiger partial charge in [-0.15, -0.1) is 0 Å². The Kier molecular flexibility index (Phi) is 3.93. The monoisotopic (exact) mass is 248 g/mol. The summed E-state index contributed by atoms with van der Waals surface area (Å²) >= 11 is 5.63. The summed E-state index contributed by atoms with van der Waals surface area (Å²) in [5.41, 5.74) is 0.440. The SMILES string of the molecule is CC(C)CS(=O)(=O)Nc1ccnc(Cl)c1. The van der Waals surface area contributed by atoms with Gasteiger partial charge in [-0.3, -0.25) is 4.72 Å². The first-order valence-corrected chi connectivity index (χ1v) is 6.54. The Morgan fingerprint density at radius 1 is 1.53 bits per heavy atom. The van der Waals surface area contributed by atoms with E-state index < -0.39 is 10.0 Å². The number of anilines is 1. The number of pyridine rings is 1. The largest absolute Gasteiger partial charge is 0.283 e. The minimum atomic E-state index is -3.29. The fraction of sp³-hybridized carbons (Fsp3) is 0.444. The van der Waals surface area contributed by atoms with Crippen LogP contribution in [0.5, 0.6) is 0 Å². The molecule has 1 aromatic heterocycles. The summed E-state index contributed by atoms with van der Waals surface area (Å²) < 4.78 is 25.5. The van der Waals surface area contributed by atoms with E-state index in [-0.39, 0.29) is 16.8 Å². The molecule has 0 radical (unpaired) electrons. The molecule has 1 aromatic rings. The van der Waals surface area contributed by atoms with Crippen molar-refractivity contribution in [2.75, 3.05) is 10.5 Å². The van der Waals surface area contributed by atoms with Gasteiger partial charge in [0, 0.05) is 6.20 Å². The smallest absolute Gasteiger partial charge is 0.232 e. The zero-order valence-corrected chi connectivity index (χ0v) is 10.1. The van der Waals surface area contributed by atoms with Crippen LogP contribution >= 0.6 is 11.6 Å². The van der Waals surface area contributed by atoms with E-state index in [0.29, 0.717) is 5.69 Å². The molecule has 1 rings (SSSR count). The highest BCUT2D eigenvalue weighted by Crippen LogP contribution is 2.14. The molecule has 0 aliphatic heterocycles. The Bertz CT molecular complexity index is 431. The fourth-order valence-corrected chi connectivity index (χ4v) is 2.75. The van der Waals surface area contributed by atoms with E-state index >= 15 is 0 Å². The normalized spacial score (nSPS) is 11.7. The molecular weight excluding hydrogens is 236 g/mol. The molecule has 0 amide bonds. The predicted octanol–water partition coefficient (Wildman–Crippen LogP) is 2.13. The topological polar surface area (TPSA) is 59.1 Å². The van der Waals surface area contributed by atoms with Crippen LogP contribution in [0.3, 0.4) is 0 Å². The van der Waals surface area contributed by atoms with E-state index in [9.17, 15) is 8.42 Å². The van der Waals surface area contributed by atoms with E-state index in [0.717, 1.165) is 0 Å². The van der Waals surface area contributed by atoms with E-state index in [1.807, 2.05) is 13.8 Å². The van der Waals surface area contributed by atoms with Gasteiger partial charge in [0.15, 0.2) is 0 Å². The van der Waals surface area contributed by atoms with Gasteiger partial charge in [-0.1, -0.05) is 25.4 Å². The second-order valence-electron chi connectivity index (χ2n) is 3.64. The number of nitrogens with one attached hydrogen (secondary N) is 1. The number of hydrogen-bond acceptors (Lipinski definition) is 3. The van der Waals surface area contributed by atoms with Crippen molar-refractivity contribution in [3.8, 4) is 0 Å². The van der Waals surface area contributed by atoms with E-state index in [4.69, 9.17) is 11.6 Å². The van der Waals surface area contributed by atoms with Crippen LogP contribution in [-0.4, -0.2) is 19.2 Å². The van der Waals surface area contributed by atoms with Gasteiger partial charge in [0.1, 0.15) is 5.15 Å². The molecule has 6 heteroatoms. The quantitative estimate of drug-likeness (QED) is 0.831. The molecule has 0 aliphatic carbocycles. The van der Waals surface area contributed by atoms with Crippen molar-refractivity contribution in [1.29, 1.82) is 0 Å². The van der Waals surface area contributed by atoms with Crippen LogP contribution < -0.4 is 4.72 Å². The molecule has 15 heavy (non-hydrogen) atoms. The summed E-state index contributed by atoms with van der Waals surface area (Å²) in [5.74, 6) is 0.173. The molecule has 0 saturated carbocycles. The first-order valence-electron chi connectivity index (χ1n) is 4.51. The van der Waals surface area contributed by atoms with Crippen LogP contribution in [0.25, 0.3) is 0 Å². The summed E-state index contributed by atoms with van der Waals surface area (Å²) in [4.78, 5) is 3.76. The van der Waals surface area contributed by atoms with Gasteiger partial charge in [-0.25, -0.2) is 13.4 Å². The minimum Gasteiger partial charge on any atom is -0.283 e. The molecule has 0 bridgehead atoms. The third kappa shape index (κ3) is 4.48. The summed E-state index contributed by atoms with van der Waals surface area (Å²) in [6, 6.07) is 3.03. The van der Waals surface area contributed by atoms with Crippen molar-refractivity contribution < 1.29 is 8.42 Å². The molecular formula is C9H13ClN2O2S. The number of hydrogen-bond donors (Lipinski definition) is 1. The molecule has 0 aliphatic rings. The Balaban J connectivity index is 2.78. The van der Waals surface area contributed by atoms with Crippen molar-refractivity contribution in [3.05, 3.63) is 23.5 Å². The Morgan fingerprint density at radius 2 is 2.20 bits per heavy atom. The number of rotatable bonds is 4. The average molecular weight is 249 g/mol. The lowest BCUT2D eigenvalue weighted by atomic mass is 10.3. The van der Waals surface area contributed by atoms with Gasteiger partial charge in [-0.05, 0) is 18.1 Å². The fourth-order valence-electron chi connectivity index (χ4n) is 1.13. The van der Waals surface area contributed by atoms with Crippen LogP contribution in [0.15, 0.2) is 18.3 Å². The molecule has 0 atom stereocenters. The first kappa shape index (κ1) is 12.3. The summed E-state index contributed by atoms with van der Waals surface area (Å²) in [6.45, 7) is 3.69. The van der Waals surface area contributed by atoms with Crippen molar-refractivity contribution >= 4 is 27.3 Å². The van der Waals surface area contributed by atoms with Gasteiger partial charge >= 0.3 is 0 Å². The minimum absolute atomic E-state index is 0.0832. The predicted molar refractivity (Wildman–Crippen MR) is 61.5 cm³/mol. The van der Waals surface area contributed by atoms with Crippen LogP contribution in [0.2, 0.25) is 5.15 Å². The maximum Gasteiger partial charge on any atom is 0.232 e. The molecule has 0 spiro atoms. The standard InChI is InChI=1S/C9H13ClN2O2S/c1-7(2)6-15(13,14)12-8-3-4-11-9(10)5-8/h3-5,7H,6H2,1-2H3,(H,11,12). The molecule has 4 nitrogen and oxygen atoms in total. The summed E-state index contributed by atoms with van der Waals surface area (Å²) in [5, 5.41) is 0.264. The summed E-state index contributed by atoms with van der Waals surface area (Å²) in [7, 11) is -3.29. The number of nitrogens with zero attached hydrogens (tertiary/aromatic N) is 1. The zero-order valence-electron chi connectivity index (χ0n) is 8.57. The molecule has 0 aromatic carbocycles. The van der Waals surface area contributed by atoms with Gasteiger partial charge in [-0.2, -0.15) is 0 Å². The number of sulfonamides is 1. The number of aromatic nitrogens is 1. The van der Waals surface area contributed by atoms with E-state index in [1.165, 1.54) is 12.3 Å². The van der Waals surface area contributed by atoms with Gasteiger partial charge in [0.05, 0.1) is 11.4 Å². The van der Waals surface area contributed by atoms with Crippen molar-refractivity contribution in [2.45, 2.75) is 13.8 Å². The Labute approximate surface area is 94.7 Å². The lowest BCUT2D eigenvalue weighted by molar-refractivity contribution is 0.587. The third-order valence-corrected chi connectivity index (χ3v) is 3.41. The van der Waals surface area contributed by atoms with Gasteiger partial charge in [0.2, 0.25) is 10.0 Å². The Morgan fingerprint density at radius 3 is 2.73 bits per heavy atom. The van der Waals surface area contributed by atoms with Gasteiger partial charge in [0.25, 0.3) is 0 Å². The highest BCUT2D eigenvalue weighted by atomic mass is 35.5. The van der Waals surface area contributed by atoms with Crippen LogP contribution in [0.4, 0.5) is 5.69 Å². The van der Waals surface area contributed by atoms with Crippen molar-refractivity contribution in [1.82, 2.24) is 4.98 Å². The van der Waals surface area contributed by atoms with Crippen molar-refractivity contribution in [3.63, 3.8) is 0 Å². The lowest BCUT2D eigenvalue weighted by Gasteiger charge is -2.09. The number of halogens is 1. The van der Waals surface area contributed by atoms with Crippen LogP contribution in [0, 0.1) is 5.92 Å². The molecule has 0 unspecified atom stereocenters. The molecule has 0 saturated heterocycles. The molecule has 0 fully saturated rings. The molecule has 1 heterocycles. The van der Waals surface area contributed by atoms with Crippen molar-refractivity contribution in [2.24, 2.45) is 5.92 Å². The Hall–Kier alpha value is -0.810. The first-order chi connectivity index (χ1) is 6.89. The zero-order chi connectivity index (χ0) is 11.5.